The van der Waals surface area contributed by atoms with Gasteiger partial charge >= 0.3 is 5.97 Å². The molecule has 0 heterocycles. The number of anilines is 1. The smallest absolute Gasteiger partial charge is 0.337 e. The molecule has 0 unspecified atom stereocenters. The number of benzene rings is 1. The molecule has 0 aromatic heterocycles. The van der Waals surface area contributed by atoms with E-state index in [1.165, 1.54) is 13.2 Å². The molecule has 0 atom stereocenters. The molecular formula is C10H9Br2NO4. The summed E-state index contributed by atoms with van der Waals surface area (Å²) in [5.74, 6) is -1.54. The van der Waals surface area contributed by atoms with Crippen molar-refractivity contribution in [1.29, 1.82) is 0 Å². The van der Waals surface area contributed by atoms with Crippen LogP contribution in [0.4, 0.5) is 5.69 Å². The van der Waals surface area contributed by atoms with Crippen LogP contribution in [-0.4, -0.2) is 30.7 Å². The maximum absolute atomic E-state index is 11.4. The van der Waals surface area contributed by atoms with E-state index in [0.29, 0.717) is 8.95 Å². The first-order valence-corrected chi connectivity index (χ1v) is 6.05. The Labute approximate surface area is 114 Å². The van der Waals surface area contributed by atoms with Gasteiger partial charge < -0.3 is 15.2 Å². The van der Waals surface area contributed by atoms with E-state index in [1.807, 2.05) is 0 Å². The van der Waals surface area contributed by atoms with Crippen LogP contribution in [0.3, 0.4) is 0 Å². The Kier molecular flexibility index (Phi) is 5.10. The molecule has 0 saturated heterocycles. The summed E-state index contributed by atoms with van der Waals surface area (Å²) >= 11 is 6.38. The van der Waals surface area contributed by atoms with Crippen molar-refractivity contribution in [3.63, 3.8) is 0 Å². The average molecular weight is 367 g/mol. The minimum absolute atomic E-state index is 0.00398. The fourth-order valence-corrected chi connectivity index (χ4v) is 2.50. The summed E-state index contributed by atoms with van der Waals surface area (Å²) in [4.78, 5) is 22.4. The molecular weight excluding hydrogens is 358 g/mol. The molecule has 0 radical (unpaired) electrons. The van der Waals surface area contributed by atoms with Crippen LogP contribution >= 0.6 is 31.9 Å². The standard InChI is InChI=1S/C10H9Br2NO4/c1-17-4-8(14)13-9-6(10(15)16)2-5(11)3-7(9)12/h2-3H,4H2,1H3,(H,13,14)(H,15,16). The summed E-state index contributed by atoms with van der Waals surface area (Å²) in [5, 5.41) is 11.5. The van der Waals surface area contributed by atoms with Crippen LogP contribution < -0.4 is 5.32 Å². The lowest BCUT2D eigenvalue weighted by Gasteiger charge is -2.11. The molecule has 0 saturated carbocycles. The summed E-state index contributed by atoms with van der Waals surface area (Å²) in [6, 6.07) is 3.06. The highest BCUT2D eigenvalue weighted by Crippen LogP contribution is 2.30. The van der Waals surface area contributed by atoms with Crippen LogP contribution in [0.15, 0.2) is 21.1 Å². The molecule has 1 rings (SSSR count). The quantitative estimate of drug-likeness (QED) is 0.858. The molecule has 0 aliphatic rings. The number of carboxylic acid groups (broad SMARTS) is 1. The van der Waals surface area contributed by atoms with Gasteiger partial charge in [0.25, 0.3) is 0 Å². The number of ether oxygens (including phenoxy) is 1. The predicted octanol–water partition coefficient (Wildman–Crippen LogP) is 2.49. The molecule has 92 valence electrons. The van der Waals surface area contributed by atoms with Gasteiger partial charge in [0.1, 0.15) is 6.61 Å². The number of halogens is 2. The molecule has 1 amide bonds. The first-order chi connectivity index (χ1) is 7.95. The Morgan fingerprint density at radius 3 is 2.59 bits per heavy atom. The zero-order valence-electron chi connectivity index (χ0n) is 8.79. The molecule has 0 fully saturated rings. The van der Waals surface area contributed by atoms with E-state index in [4.69, 9.17) is 5.11 Å². The van der Waals surface area contributed by atoms with Gasteiger partial charge in [0, 0.05) is 16.1 Å². The third kappa shape index (κ3) is 3.79. The number of carbonyl (C=O) groups is 2. The van der Waals surface area contributed by atoms with Gasteiger partial charge in [-0.1, -0.05) is 15.9 Å². The zero-order valence-corrected chi connectivity index (χ0v) is 12.0. The van der Waals surface area contributed by atoms with Crippen LogP contribution in [0.2, 0.25) is 0 Å². The molecule has 0 bridgehead atoms. The highest BCUT2D eigenvalue weighted by Gasteiger charge is 2.16. The van der Waals surface area contributed by atoms with Crippen molar-refractivity contribution >= 4 is 49.4 Å². The number of aromatic carboxylic acids is 1. The van der Waals surface area contributed by atoms with Gasteiger partial charge in [-0.15, -0.1) is 0 Å². The van der Waals surface area contributed by atoms with Crippen LogP contribution in [0.5, 0.6) is 0 Å². The second-order valence-electron chi connectivity index (χ2n) is 3.10. The molecule has 0 spiro atoms. The van der Waals surface area contributed by atoms with Crippen LogP contribution in [0.1, 0.15) is 10.4 Å². The van der Waals surface area contributed by atoms with Gasteiger partial charge in [-0.2, -0.15) is 0 Å². The van der Waals surface area contributed by atoms with E-state index in [2.05, 4.69) is 41.9 Å². The van der Waals surface area contributed by atoms with Gasteiger partial charge in [-0.3, -0.25) is 4.79 Å². The lowest BCUT2D eigenvalue weighted by molar-refractivity contribution is -0.119. The van der Waals surface area contributed by atoms with Gasteiger partial charge in [0.2, 0.25) is 5.91 Å². The van der Waals surface area contributed by atoms with Gasteiger partial charge in [-0.25, -0.2) is 4.79 Å². The number of hydrogen-bond donors (Lipinski definition) is 2. The van der Waals surface area contributed by atoms with Gasteiger partial charge in [0.15, 0.2) is 0 Å². The fraction of sp³-hybridized carbons (Fsp3) is 0.200. The number of methoxy groups -OCH3 is 1. The second-order valence-corrected chi connectivity index (χ2v) is 4.87. The van der Waals surface area contributed by atoms with Crippen molar-refractivity contribution < 1.29 is 19.4 Å². The number of carbonyl (C=O) groups excluding carboxylic acids is 1. The maximum Gasteiger partial charge on any atom is 0.337 e. The number of rotatable bonds is 4. The normalized spacial score (nSPS) is 10.1. The van der Waals surface area contributed by atoms with E-state index >= 15 is 0 Å². The Bertz CT molecular complexity index is 462. The SMILES string of the molecule is COCC(=O)Nc1c(Br)cc(Br)cc1C(=O)O. The number of nitrogens with one attached hydrogen (secondary N) is 1. The van der Waals surface area contributed by atoms with Gasteiger partial charge in [0.05, 0.1) is 11.3 Å². The molecule has 0 aliphatic carbocycles. The van der Waals surface area contributed by atoms with Crippen molar-refractivity contribution in [2.75, 3.05) is 19.0 Å². The van der Waals surface area contributed by atoms with Crippen molar-refractivity contribution in [1.82, 2.24) is 0 Å². The zero-order chi connectivity index (χ0) is 13.0. The number of hydrogen-bond acceptors (Lipinski definition) is 3. The molecule has 0 aliphatic heterocycles. The molecule has 1 aromatic rings. The first-order valence-electron chi connectivity index (χ1n) is 4.46. The number of carboxylic acids is 1. The van der Waals surface area contributed by atoms with E-state index in [-0.39, 0.29) is 17.9 Å². The number of amides is 1. The van der Waals surface area contributed by atoms with Crippen molar-refractivity contribution in [2.24, 2.45) is 0 Å². The van der Waals surface area contributed by atoms with Crippen LogP contribution in [-0.2, 0) is 9.53 Å². The minimum atomic E-state index is -1.13. The van der Waals surface area contributed by atoms with E-state index < -0.39 is 11.9 Å². The maximum atomic E-state index is 11.4. The minimum Gasteiger partial charge on any atom is -0.478 e. The summed E-state index contributed by atoms with van der Waals surface area (Å²) in [6.45, 7) is -0.137. The average Bonchev–Trinajstić information content (AvgIpc) is 2.21. The van der Waals surface area contributed by atoms with E-state index in [0.717, 1.165) is 0 Å². The van der Waals surface area contributed by atoms with Crippen molar-refractivity contribution in [3.05, 3.63) is 26.6 Å². The van der Waals surface area contributed by atoms with Crippen molar-refractivity contribution in [3.8, 4) is 0 Å². The molecule has 7 heteroatoms. The highest BCUT2D eigenvalue weighted by molar-refractivity contribution is 9.11. The third-order valence-electron chi connectivity index (χ3n) is 1.83. The van der Waals surface area contributed by atoms with Gasteiger partial charge in [-0.05, 0) is 28.1 Å². The predicted molar refractivity (Wildman–Crippen MR) is 69.3 cm³/mol. The lowest BCUT2D eigenvalue weighted by Crippen LogP contribution is -2.19. The highest BCUT2D eigenvalue weighted by atomic mass is 79.9. The second kappa shape index (κ2) is 6.13. The van der Waals surface area contributed by atoms with Crippen LogP contribution in [0.25, 0.3) is 0 Å². The van der Waals surface area contributed by atoms with E-state index in [1.54, 1.807) is 6.07 Å². The monoisotopic (exact) mass is 365 g/mol. The lowest BCUT2D eigenvalue weighted by atomic mass is 10.2. The van der Waals surface area contributed by atoms with E-state index in [9.17, 15) is 9.59 Å². The topological polar surface area (TPSA) is 75.6 Å². The molecule has 1 aromatic carbocycles. The summed E-state index contributed by atoms with van der Waals surface area (Å²) in [5.41, 5.74) is 0.207. The Balaban J connectivity index is 3.12. The fourth-order valence-electron chi connectivity index (χ4n) is 1.18. The Morgan fingerprint density at radius 1 is 1.41 bits per heavy atom. The first kappa shape index (κ1) is 14.1. The van der Waals surface area contributed by atoms with Crippen LogP contribution in [0, 0.1) is 0 Å². The molecule has 2 N–H and O–H groups in total. The Hall–Kier alpha value is -0.920. The molecule has 5 nitrogen and oxygen atoms in total. The summed E-state index contributed by atoms with van der Waals surface area (Å²) in [7, 11) is 1.38. The molecule has 17 heavy (non-hydrogen) atoms. The largest absolute Gasteiger partial charge is 0.478 e. The summed E-state index contributed by atoms with van der Waals surface area (Å²) < 4.78 is 5.74. The summed E-state index contributed by atoms with van der Waals surface area (Å²) in [6.07, 6.45) is 0. The Morgan fingerprint density at radius 2 is 2.06 bits per heavy atom. The van der Waals surface area contributed by atoms with Crippen molar-refractivity contribution in [2.45, 2.75) is 0 Å². The third-order valence-corrected chi connectivity index (χ3v) is 2.91.